The number of thiazole rings is 1. The predicted molar refractivity (Wildman–Crippen MR) is 142 cm³/mol. The number of fused-ring (bicyclic) bond motifs is 5. The third-order valence-electron chi connectivity index (χ3n) is 7.92. The molecule has 11 nitrogen and oxygen atoms in total. The van der Waals surface area contributed by atoms with Crippen molar-refractivity contribution in [2.24, 2.45) is 5.41 Å². The number of anilines is 1. The maximum absolute atomic E-state index is 16.4. The number of barbiturate groups is 1. The molecule has 0 radical (unpaired) electrons. The average molecular weight is 564 g/mol. The van der Waals surface area contributed by atoms with Gasteiger partial charge in [-0.1, -0.05) is 46.8 Å². The van der Waals surface area contributed by atoms with Crippen LogP contribution in [-0.4, -0.2) is 52.4 Å². The summed E-state index contributed by atoms with van der Waals surface area (Å²) < 4.78 is 29.3. The standard InChI is InChI=1S/C27H22FN5O6S/c1-12-10-32-19-15(9-27(21(32)13(2)38-12)23(34)29-25(36)30-24(27)35)8-16-20(18(19)28)39-31-22(16)33-17(11-40-26(33)37)14-6-4-3-5-7-14/h3-8,11-13,21H,9-10H2,1-2H3,(H2,29,30,34,35,36)/t12-,13+,21-/m1/s1. The summed E-state index contributed by atoms with van der Waals surface area (Å²) in [4.78, 5) is 53.2. The predicted octanol–water partition coefficient (Wildman–Crippen LogP) is 2.74. The lowest BCUT2D eigenvalue weighted by atomic mass is 9.66. The maximum Gasteiger partial charge on any atom is 0.328 e. The lowest BCUT2D eigenvalue weighted by molar-refractivity contribution is -0.153. The highest BCUT2D eigenvalue weighted by Crippen LogP contribution is 2.49. The molecule has 40 heavy (non-hydrogen) atoms. The summed E-state index contributed by atoms with van der Waals surface area (Å²) >= 11 is 0.971. The second kappa shape index (κ2) is 8.57. The van der Waals surface area contributed by atoms with E-state index in [4.69, 9.17) is 9.26 Å². The Bertz CT molecular complexity index is 1780. The molecule has 2 N–H and O–H groups in total. The first-order valence-electron chi connectivity index (χ1n) is 12.7. The third-order valence-corrected chi connectivity index (χ3v) is 8.65. The van der Waals surface area contributed by atoms with Crippen LogP contribution in [-0.2, 0) is 20.7 Å². The molecule has 2 aromatic carbocycles. The minimum Gasteiger partial charge on any atom is -0.372 e. The van der Waals surface area contributed by atoms with Gasteiger partial charge in [0.2, 0.25) is 17.4 Å². The van der Waals surface area contributed by atoms with Gasteiger partial charge in [0, 0.05) is 18.3 Å². The minimum absolute atomic E-state index is 0.0921. The Labute approximate surface area is 229 Å². The van der Waals surface area contributed by atoms with Crippen LogP contribution in [0.4, 0.5) is 14.9 Å². The number of morpholine rings is 1. The summed E-state index contributed by atoms with van der Waals surface area (Å²) in [6, 6.07) is 9.01. The van der Waals surface area contributed by atoms with Crippen molar-refractivity contribution in [1.82, 2.24) is 20.4 Å². The first kappa shape index (κ1) is 24.7. The van der Waals surface area contributed by atoms with Gasteiger partial charge in [-0.2, -0.15) is 0 Å². The lowest BCUT2D eigenvalue weighted by Gasteiger charge is -2.55. The second-order valence-corrected chi connectivity index (χ2v) is 11.1. The quantitative estimate of drug-likeness (QED) is 0.356. The number of carbonyl (C=O) groups is 3. The Morgan fingerprint density at radius 3 is 2.55 bits per heavy atom. The van der Waals surface area contributed by atoms with Crippen molar-refractivity contribution >= 4 is 45.8 Å². The van der Waals surface area contributed by atoms with Gasteiger partial charge in [0.1, 0.15) is 0 Å². The third kappa shape index (κ3) is 3.27. The minimum atomic E-state index is -1.77. The van der Waals surface area contributed by atoms with E-state index in [9.17, 15) is 19.2 Å². The van der Waals surface area contributed by atoms with Crippen molar-refractivity contribution in [2.45, 2.75) is 38.5 Å². The fraction of sp³-hybridized carbons (Fsp3) is 0.296. The number of rotatable bonds is 2. The summed E-state index contributed by atoms with van der Waals surface area (Å²) in [6.07, 6.45) is -1.21. The molecule has 3 aliphatic rings. The van der Waals surface area contributed by atoms with Crippen LogP contribution in [0.2, 0.25) is 0 Å². The largest absolute Gasteiger partial charge is 0.372 e. The molecule has 0 bridgehead atoms. The van der Waals surface area contributed by atoms with Gasteiger partial charge in [-0.15, -0.1) is 0 Å². The molecule has 13 heteroatoms. The number of ether oxygens (including phenoxy) is 1. The zero-order valence-electron chi connectivity index (χ0n) is 21.3. The van der Waals surface area contributed by atoms with Crippen LogP contribution in [0.3, 0.4) is 0 Å². The molecule has 1 spiro atoms. The number of aromatic nitrogens is 2. The molecule has 2 fully saturated rings. The number of hydrogen-bond acceptors (Lipinski definition) is 9. The van der Waals surface area contributed by atoms with Crippen LogP contribution in [0, 0.1) is 11.2 Å². The number of hydrogen-bond donors (Lipinski definition) is 2. The van der Waals surface area contributed by atoms with Crippen LogP contribution in [0.15, 0.2) is 51.1 Å². The molecular formula is C27H22FN5O6S. The number of carbonyl (C=O) groups excluding carboxylic acids is 3. The average Bonchev–Trinajstić information content (AvgIpc) is 3.50. The highest BCUT2D eigenvalue weighted by atomic mass is 32.1. The summed E-state index contributed by atoms with van der Waals surface area (Å²) in [6.45, 7) is 3.72. The van der Waals surface area contributed by atoms with Crippen molar-refractivity contribution in [3.05, 3.63) is 62.8 Å². The van der Waals surface area contributed by atoms with Crippen LogP contribution >= 0.6 is 11.3 Å². The fourth-order valence-corrected chi connectivity index (χ4v) is 7.16. The Morgan fingerprint density at radius 1 is 1.10 bits per heavy atom. The Morgan fingerprint density at radius 2 is 1.82 bits per heavy atom. The van der Waals surface area contributed by atoms with Crippen molar-refractivity contribution in [2.75, 3.05) is 11.4 Å². The number of amides is 4. The second-order valence-electron chi connectivity index (χ2n) is 10.3. The van der Waals surface area contributed by atoms with Gasteiger partial charge in [-0.05, 0) is 31.0 Å². The first-order valence-corrected chi connectivity index (χ1v) is 13.5. The van der Waals surface area contributed by atoms with Gasteiger partial charge in [0.25, 0.3) is 0 Å². The number of urea groups is 1. The SMILES string of the molecule is C[C@@H]1CN2c3c(cc4c(-n5c(-c6ccccc6)csc5=O)noc4c3F)CC3(C(=O)NC(=O)NC3=O)[C@H]2[C@H](C)O1. The summed E-state index contributed by atoms with van der Waals surface area (Å²) in [5, 5.41) is 10.4. The van der Waals surface area contributed by atoms with Crippen molar-refractivity contribution < 1.29 is 28.0 Å². The molecule has 4 amide bonds. The number of benzene rings is 2. The molecule has 204 valence electrons. The summed E-state index contributed by atoms with van der Waals surface area (Å²) in [5.74, 6) is -2.18. The van der Waals surface area contributed by atoms with E-state index >= 15 is 4.39 Å². The van der Waals surface area contributed by atoms with Gasteiger partial charge < -0.3 is 14.2 Å². The van der Waals surface area contributed by atoms with E-state index in [1.54, 1.807) is 23.3 Å². The molecule has 5 heterocycles. The summed E-state index contributed by atoms with van der Waals surface area (Å²) in [7, 11) is 0. The van der Waals surface area contributed by atoms with Gasteiger partial charge in [0.05, 0.1) is 35.0 Å². The maximum atomic E-state index is 16.4. The highest BCUT2D eigenvalue weighted by Gasteiger charge is 2.63. The van der Waals surface area contributed by atoms with Crippen molar-refractivity contribution in [3.8, 4) is 17.1 Å². The number of imide groups is 2. The molecule has 7 rings (SSSR count). The van der Waals surface area contributed by atoms with Crippen molar-refractivity contribution in [1.29, 1.82) is 0 Å². The molecule has 0 unspecified atom stereocenters. The Kier molecular flexibility index (Phi) is 5.28. The molecule has 3 atom stereocenters. The zero-order chi connectivity index (χ0) is 27.9. The van der Waals surface area contributed by atoms with Gasteiger partial charge in [-0.25, -0.2) is 13.8 Å². The molecule has 4 aromatic rings. The Balaban J connectivity index is 1.47. The van der Waals surface area contributed by atoms with Gasteiger partial charge in [0.15, 0.2) is 17.1 Å². The first-order chi connectivity index (χ1) is 19.2. The molecule has 0 aliphatic carbocycles. The van der Waals surface area contributed by atoms with Crippen LogP contribution in [0.5, 0.6) is 0 Å². The fourth-order valence-electron chi connectivity index (χ4n) is 6.41. The molecule has 2 aromatic heterocycles. The molecule has 3 aliphatic heterocycles. The van der Waals surface area contributed by atoms with E-state index in [1.807, 2.05) is 37.3 Å². The van der Waals surface area contributed by atoms with Crippen LogP contribution in [0.25, 0.3) is 28.0 Å². The van der Waals surface area contributed by atoms with E-state index < -0.39 is 41.2 Å². The topological polar surface area (TPSA) is 136 Å². The summed E-state index contributed by atoms with van der Waals surface area (Å²) in [5.41, 5.74) is -0.0936. The van der Waals surface area contributed by atoms with Crippen molar-refractivity contribution in [3.63, 3.8) is 0 Å². The van der Waals surface area contributed by atoms with E-state index in [-0.39, 0.29) is 46.4 Å². The van der Waals surface area contributed by atoms with E-state index in [0.29, 0.717) is 11.3 Å². The molecule has 0 saturated carbocycles. The number of nitrogens with zero attached hydrogens (tertiary/aromatic N) is 3. The normalized spacial score (nSPS) is 23.6. The number of halogens is 1. The van der Waals surface area contributed by atoms with Gasteiger partial charge in [-0.3, -0.25) is 25.0 Å². The van der Waals surface area contributed by atoms with E-state index in [1.165, 1.54) is 4.57 Å². The number of nitrogens with one attached hydrogen (secondary N) is 2. The van der Waals surface area contributed by atoms with E-state index in [2.05, 4.69) is 15.8 Å². The smallest absolute Gasteiger partial charge is 0.328 e. The lowest BCUT2D eigenvalue weighted by Crippen LogP contribution is -2.75. The van der Waals surface area contributed by atoms with Crippen LogP contribution < -0.4 is 20.4 Å². The van der Waals surface area contributed by atoms with Crippen LogP contribution in [0.1, 0.15) is 19.4 Å². The highest BCUT2D eigenvalue weighted by molar-refractivity contribution is 7.07. The molecule has 2 saturated heterocycles. The van der Waals surface area contributed by atoms with Gasteiger partial charge >= 0.3 is 10.9 Å². The Hall–Kier alpha value is -4.36. The zero-order valence-corrected chi connectivity index (χ0v) is 22.1. The van der Waals surface area contributed by atoms with E-state index in [0.717, 1.165) is 16.9 Å². The monoisotopic (exact) mass is 563 g/mol. The molecular weight excluding hydrogens is 541 g/mol.